The summed E-state index contributed by atoms with van der Waals surface area (Å²) < 4.78 is 5.05. The molecule has 0 aromatic carbocycles. The van der Waals surface area contributed by atoms with Crippen molar-refractivity contribution in [2.24, 2.45) is 5.92 Å². The molecule has 3 heteroatoms. The highest BCUT2D eigenvalue weighted by Crippen LogP contribution is 2.26. The predicted octanol–water partition coefficient (Wildman–Crippen LogP) is 2.14. The molecule has 1 aliphatic rings. The molecule has 1 aromatic heterocycles. The van der Waals surface area contributed by atoms with E-state index in [4.69, 9.17) is 4.42 Å². The third-order valence-corrected chi connectivity index (χ3v) is 2.75. The molecule has 0 N–H and O–H groups in total. The van der Waals surface area contributed by atoms with Crippen molar-refractivity contribution in [3.8, 4) is 0 Å². The Morgan fingerprint density at radius 3 is 2.86 bits per heavy atom. The second-order valence-electron chi connectivity index (χ2n) is 3.67. The molecule has 0 aliphatic heterocycles. The van der Waals surface area contributed by atoms with Gasteiger partial charge < -0.3 is 4.42 Å². The summed E-state index contributed by atoms with van der Waals surface area (Å²) in [4.78, 5) is 23.2. The number of rotatable bonds is 2. The lowest BCUT2D eigenvalue weighted by Crippen LogP contribution is -2.18. The molecule has 1 fully saturated rings. The van der Waals surface area contributed by atoms with E-state index in [1.54, 1.807) is 13.0 Å². The van der Waals surface area contributed by atoms with Crippen molar-refractivity contribution >= 4 is 11.6 Å². The molecule has 0 radical (unpaired) electrons. The van der Waals surface area contributed by atoms with E-state index >= 15 is 0 Å². The molecule has 1 aliphatic carbocycles. The topological polar surface area (TPSA) is 47.3 Å². The van der Waals surface area contributed by atoms with Crippen LogP contribution in [0.3, 0.4) is 0 Å². The second-order valence-corrected chi connectivity index (χ2v) is 3.67. The molecule has 0 bridgehead atoms. The standard InChI is InChI=1S/C11H12O3/c1-7-8(5-6-14-7)11(13)9-3-2-4-10(9)12/h5-6,9H,2-4H2,1H3. The van der Waals surface area contributed by atoms with E-state index in [2.05, 4.69) is 0 Å². The normalized spacial score (nSPS) is 21.5. The SMILES string of the molecule is Cc1occc1C(=O)C1CCCC1=O. The van der Waals surface area contributed by atoms with Crippen LogP contribution >= 0.6 is 0 Å². The Morgan fingerprint density at radius 2 is 2.36 bits per heavy atom. The van der Waals surface area contributed by atoms with Gasteiger partial charge in [-0.25, -0.2) is 0 Å². The van der Waals surface area contributed by atoms with E-state index in [0.717, 1.165) is 6.42 Å². The lowest BCUT2D eigenvalue weighted by Gasteiger charge is -2.04. The molecule has 74 valence electrons. The predicted molar refractivity (Wildman–Crippen MR) is 50.1 cm³/mol. The van der Waals surface area contributed by atoms with Gasteiger partial charge in [0.2, 0.25) is 0 Å². The Bertz CT molecular complexity index is 376. The van der Waals surface area contributed by atoms with Gasteiger partial charge in [-0.05, 0) is 25.8 Å². The van der Waals surface area contributed by atoms with Crippen LogP contribution in [0.25, 0.3) is 0 Å². The maximum Gasteiger partial charge on any atom is 0.176 e. The summed E-state index contributed by atoms with van der Waals surface area (Å²) >= 11 is 0. The summed E-state index contributed by atoms with van der Waals surface area (Å²) in [7, 11) is 0. The maximum absolute atomic E-state index is 11.9. The zero-order chi connectivity index (χ0) is 10.1. The summed E-state index contributed by atoms with van der Waals surface area (Å²) in [5.74, 6) is 0.204. The summed E-state index contributed by atoms with van der Waals surface area (Å²) in [5, 5.41) is 0. The molecule has 1 heterocycles. The van der Waals surface area contributed by atoms with Gasteiger partial charge in [-0.1, -0.05) is 0 Å². The average molecular weight is 192 g/mol. The Balaban J connectivity index is 2.24. The van der Waals surface area contributed by atoms with Gasteiger partial charge >= 0.3 is 0 Å². The lowest BCUT2D eigenvalue weighted by atomic mass is 9.96. The molecule has 0 saturated heterocycles. The first-order chi connectivity index (χ1) is 6.70. The van der Waals surface area contributed by atoms with Crippen molar-refractivity contribution in [1.29, 1.82) is 0 Å². The molecule has 0 amide bonds. The van der Waals surface area contributed by atoms with Crippen LogP contribution in [-0.4, -0.2) is 11.6 Å². The van der Waals surface area contributed by atoms with E-state index in [1.165, 1.54) is 6.26 Å². The van der Waals surface area contributed by atoms with Crippen molar-refractivity contribution in [2.75, 3.05) is 0 Å². The fourth-order valence-electron chi connectivity index (χ4n) is 1.92. The Kier molecular flexibility index (Phi) is 2.23. The van der Waals surface area contributed by atoms with E-state index < -0.39 is 5.92 Å². The third-order valence-electron chi connectivity index (χ3n) is 2.75. The Hall–Kier alpha value is -1.38. The van der Waals surface area contributed by atoms with E-state index in [1.807, 2.05) is 0 Å². The van der Waals surface area contributed by atoms with E-state index in [0.29, 0.717) is 24.2 Å². The first kappa shape index (κ1) is 9.19. The minimum Gasteiger partial charge on any atom is -0.469 e. The highest BCUT2D eigenvalue weighted by Gasteiger charge is 2.32. The lowest BCUT2D eigenvalue weighted by molar-refractivity contribution is -0.119. The van der Waals surface area contributed by atoms with Crippen molar-refractivity contribution in [3.05, 3.63) is 23.7 Å². The Morgan fingerprint density at radius 1 is 1.57 bits per heavy atom. The van der Waals surface area contributed by atoms with Crippen LogP contribution in [0.2, 0.25) is 0 Å². The number of hydrogen-bond acceptors (Lipinski definition) is 3. The van der Waals surface area contributed by atoms with Crippen LogP contribution in [0.15, 0.2) is 16.7 Å². The van der Waals surface area contributed by atoms with Crippen LogP contribution in [0, 0.1) is 12.8 Å². The van der Waals surface area contributed by atoms with E-state index in [-0.39, 0.29) is 11.6 Å². The molecule has 0 spiro atoms. The fourth-order valence-corrected chi connectivity index (χ4v) is 1.92. The second kappa shape index (κ2) is 3.40. The molecular weight excluding hydrogens is 180 g/mol. The molecule has 1 atom stereocenters. The van der Waals surface area contributed by atoms with Gasteiger partial charge in [0, 0.05) is 6.42 Å². The molecule has 1 saturated carbocycles. The van der Waals surface area contributed by atoms with Crippen molar-refractivity contribution < 1.29 is 14.0 Å². The van der Waals surface area contributed by atoms with Gasteiger partial charge in [0.25, 0.3) is 0 Å². The first-order valence-corrected chi connectivity index (χ1v) is 4.81. The molecule has 1 aromatic rings. The van der Waals surface area contributed by atoms with Crippen LogP contribution in [0.1, 0.15) is 35.4 Å². The minimum absolute atomic E-state index is 0.0706. The van der Waals surface area contributed by atoms with Gasteiger partial charge in [-0.2, -0.15) is 0 Å². The van der Waals surface area contributed by atoms with Gasteiger partial charge in [0.05, 0.1) is 17.7 Å². The summed E-state index contributed by atoms with van der Waals surface area (Å²) in [5.41, 5.74) is 0.560. The smallest absolute Gasteiger partial charge is 0.176 e. The molecule has 1 unspecified atom stereocenters. The fraction of sp³-hybridized carbons (Fsp3) is 0.455. The summed E-state index contributed by atoms with van der Waals surface area (Å²) in [6.07, 6.45) is 3.57. The third kappa shape index (κ3) is 1.39. The van der Waals surface area contributed by atoms with Crippen LogP contribution < -0.4 is 0 Å². The van der Waals surface area contributed by atoms with Gasteiger partial charge in [-0.15, -0.1) is 0 Å². The van der Waals surface area contributed by atoms with Gasteiger partial charge in [0.15, 0.2) is 5.78 Å². The van der Waals surface area contributed by atoms with Crippen LogP contribution in [0.5, 0.6) is 0 Å². The number of hydrogen-bond donors (Lipinski definition) is 0. The van der Waals surface area contributed by atoms with Crippen LogP contribution in [-0.2, 0) is 4.79 Å². The number of furan rings is 1. The number of carbonyl (C=O) groups excluding carboxylic acids is 2. The Labute approximate surface area is 82.1 Å². The highest BCUT2D eigenvalue weighted by molar-refractivity contribution is 6.11. The van der Waals surface area contributed by atoms with Gasteiger partial charge in [0.1, 0.15) is 11.5 Å². The number of carbonyl (C=O) groups is 2. The number of aryl methyl sites for hydroxylation is 1. The van der Waals surface area contributed by atoms with Crippen molar-refractivity contribution in [3.63, 3.8) is 0 Å². The molecular formula is C11H12O3. The number of ketones is 2. The van der Waals surface area contributed by atoms with E-state index in [9.17, 15) is 9.59 Å². The van der Waals surface area contributed by atoms with Crippen LogP contribution in [0.4, 0.5) is 0 Å². The van der Waals surface area contributed by atoms with Crippen molar-refractivity contribution in [2.45, 2.75) is 26.2 Å². The molecule has 14 heavy (non-hydrogen) atoms. The maximum atomic E-state index is 11.9. The molecule has 3 nitrogen and oxygen atoms in total. The average Bonchev–Trinajstić information content (AvgIpc) is 2.73. The highest BCUT2D eigenvalue weighted by atomic mass is 16.3. The minimum atomic E-state index is -0.411. The monoisotopic (exact) mass is 192 g/mol. The molecule has 2 rings (SSSR count). The number of Topliss-reactive ketones (excluding diaryl/α,β-unsaturated/α-hetero) is 2. The zero-order valence-electron chi connectivity index (χ0n) is 8.08. The zero-order valence-corrected chi connectivity index (χ0v) is 8.08. The largest absolute Gasteiger partial charge is 0.469 e. The summed E-state index contributed by atoms with van der Waals surface area (Å²) in [6, 6.07) is 1.64. The first-order valence-electron chi connectivity index (χ1n) is 4.81. The van der Waals surface area contributed by atoms with Gasteiger partial charge in [-0.3, -0.25) is 9.59 Å². The summed E-state index contributed by atoms with van der Waals surface area (Å²) in [6.45, 7) is 1.74. The quantitative estimate of drug-likeness (QED) is 0.532. The van der Waals surface area contributed by atoms with Crippen molar-refractivity contribution in [1.82, 2.24) is 0 Å².